The van der Waals surface area contributed by atoms with Crippen LogP contribution < -0.4 is 5.32 Å². The number of benzene rings is 2. The van der Waals surface area contributed by atoms with Crippen molar-refractivity contribution in [3.63, 3.8) is 0 Å². The molecule has 2 aromatic carbocycles. The van der Waals surface area contributed by atoms with Gasteiger partial charge in [-0.1, -0.05) is 30.3 Å². The largest absolute Gasteiger partial charge is 0.373 e. The monoisotopic (exact) mass is 550 g/mol. The molecule has 2 aliphatic heterocycles. The van der Waals surface area contributed by atoms with Crippen molar-refractivity contribution in [1.29, 1.82) is 5.26 Å². The molecule has 0 aliphatic carbocycles. The van der Waals surface area contributed by atoms with Crippen LogP contribution in [0.15, 0.2) is 59.5 Å². The third-order valence-corrected chi connectivity index (χ3v) is 9.84. The Morgan fingerprint density at radius 2 is 1.79 bits per heavy atom. The first-order chi connectivity index (χ1) is 18.2. The molecule has 1 N–H and O–H groups in total. The normalized spacial score (nSPS) is 20.4. The van der Waals surface area contributed by atoms with Crippen molar-refractivity contribution >= 4 is 32.3 Å². The van der Waals surface area contributed by atoms with E-state index >= 15 is 0 Å². The minimum absolute atomic E-state index is 0.137. The second-order valence-corrected chi connectivity index (χ2v) is 12.9. The van der Waals surface area contributed by atoms with E-state index in [1.807, 2.05) is 32.0 Å². The van der Waals surface area contributed by atoms with Crippen LogP contribution in [0.5, 0.6) is 0 Å². The first kappa shape index (κ1) is 26.5. The fourth-order valence-electron chi connectivity index (χ4n) is 5.07. The van der Waals surface area contributed by atoms with Gasteiger partial charge in [0.25, 0.3) is 5.91 Å². The number of anilines is 1. The highest BCUT2D eigenvalue weighted by atomic mass is 32.2. The third-order valence-electron chi connectivity index (χ3n) is 6.86. The highest BCUT2D eigenvalue weighted by Crippen LogP contribution is 2.37. The van der Waals surface area contributed by atoms with Gasteiger partial charge in [-0.3, -0.25) is 9.69 Å². The number of thiophene rings is 1. The lowest BCUT2D eigenvalue weighted by molar-refractivity contribution is -0.0440. The lowest BCUT2D eigenvalue weighted by Gasteiger charge is -2.34. The molecule has 0 unspecified atom stereocenters. The number of sulfonamides is 1. The maximum atomic E-state index is 13.1. The fraction of sp³-hybridized carbons (Fsp3) is 0.357. The Balaban J connectivity index is 1.29. The van der Waals surface area contributed by atoms with Crippen LogP contribution in [0.2, 0.25) is 0 Å². The summed E-state index contributed by atoms with van der Waals surface area (Å²) in [5, 5.41) is 13.3. The zero-order chi connectivity index (χ0) is 26.9. The van der Waals surface area contributed by atoms with Gasteiger partial charge in [-0.2, -0.15) is 9.57 Å². The van der Waals surface area contributed by atoms with E-state index in [0.29, 0.717) is 16.1 Å². The maximum Gasteiger partial charge on any atom is 0.256 e. The molecule has 0 radical (unpaired) electrons. The van der Waals surface area contributed by atoms with Crippen LogP contribution in [0.4, 0.5) is 5.00 Å². The molecule has 0 bridgehead atoms. The number of fused-ring (bicyclic) bond motifs is 1. The van der Waals surface area contributed by atoms with Crippen molar-refractivity contribution in [2.45, 2.75) is 50.5 Å². The number of nitrogens with zero attached hydrogens (tertiary/aromatic N) is 3. The highest BCUT2D eigenvalue weighted by molar-refractivity contribution is 7.89. The van der Waals surface area contributed by atoms with Gasteiger partial charge in [0.1, 0.15) is 11.1 Å². The summed E-state index contributed by atoms with van der Waals surface area (Å²) in [6.45, 7) is 6.69. The number of nitriles is 1. The quantitative estimate of drug-likeness (QED) is 0.493. The first-order valence-corrected chi connectivity index (χ1v) is 14.9. The number of ether oxygens (including phenoxy) is 1. The summed E-state index contributed by atoms with van der Waals surface area (Å²) in [4.78, 5) is 16.6. The number of carbonyl (C=O) groups excluding carboxylic acids is 1. The summed E-state index contributed by atoms with van der Waals surface area (Å²) in [5.41, 5.74) is 3.10. The predicted molar refractivity (Wildman–Crippen MR) is 146 cm³/mol. The van der Waals surface area contributed by atoms with Crippen molar-refractivity contribution in [2.24, 2.45) is 0 Å². The Morgan fingerprint density at radius 1 is 1.11 bits per heavy atom. The summed E-state index contributed by atoms with van der Waals surface area (Å²) in [6, 6.07) is 18.5. The lowest BCUT2D eigenvalue weighted by Crippen LogP contribution is -2.48. The van der Waals surface area contributed by atoms with Gasteiger partial charge in [0.15, 0.2) is 0 Å². The smallest absolute Gasteiger partial charge is 0.256 e. The molecule has 1 saturated heterocycles. The molecular weight excluding hydrogens is 520 g/mol. The van der Waals surface area contributed by atoms with E-state index in [9.17, 15) is 18.5 Å². The van der Waals surface area contributed by atoms with Crippen LogP contribution in [-0.2, 0) is 34.3 Å². The minimum atomic E-state index is -3.69. The number of rotatable bonds is 6. The molecule has 3 heterocycles. The fourth-order valence-corrected chi connectivity index (χ4v) is 7.89. The molecule has 5 rings (SSSR count). The Morgan fingerprint density at radius 3 is 2.45 bits per heavy atom. The number of hydrogen-bond donors (Lipinski definition) is 1. The van der Waals surface area contributed by atoms with Gasteiger partial charge < -0.3 is 10.1 Å². The number of nitrogens with one attached hydrogen (secondary N) is 1. The average Bonchev–Trinajstić information content (AvgIpc) is 3.24. The molecule has 0 saturated carbocycles. The van der Waals surface area contributed by atoms with Crippen LogP contribution in [0.25, 0.3) is 0 Å². The predicted octanol–water partition coefficient (Wildman–Crippen LogP) is 4.23. The summed E-state index contributed by atoms with van der Waals surface area (Å²) in [7, 11) is -3.69. The zero-order valence-electron chi connectivity index (χ0n) is 21.4. The van der Waals surface area contributed by atoms with Gasteiger partial charge in [-0.25, -0.2) is 8.42 Å². The second kappa shape index (κ2) is 11.0. The highest BCUT2D eigenvalue weighted by Gasteiger charge is 2.32. The van der Waals surface area contributed by atoms with Crippen molar-refractivity contribution in [1.82, 2.24) is 9.21 Å². The van der Waals surface area contributed by atoms with Gasteiger partial charge in [0, 0.05) is 43.2 Å². The van der Waals surface area contributed by atoms with Crippen molar-refractivity contribution < 1.29 is 17.9 Å². The molecule has 1 amide bonds. The van der Waals surface area contributed by atoms with Crippen molar-refractivity contribution in [3.8, 4) is 6.07 Å². The van der Waals surface area contributed by atoms with Gasteiger partial charge in [0.05, 0.1) is 22.7 Å². The zero-order valence-corrected chi connectivity index (χ0v) is 23.0. The summed E-state index contributed by atoms with van der Waals surface area (Å²) < 4.78 is 33.3. The topological polar surface area (TPSA) is 103 Å². The summed E-state index contributed by atoms with van der Waals surface area (Å²) in [6.07, 6.45) is 0.382. The standard InChI is InChI=1S/C28H30N4O4S2/c1-19-15-32(16-20(2)36-19)38(34,35)23-10-8-22(9-11-23)27(33)30-28-25(14-29)24-12-13-31(18-26(24)37-28)17-21-6-4-3-5-7-21/h3-11,19-20H,12-13,15-18H2,1-2H3,(H,30,33)/t19-,20-/m0/s1. The van der Waals surface area contributed by atoms with Crippen molar-refractivity contribution in [3.05, 3.63) is 81.7 Å². The molecule has 0 spiro atoms. The van der Waals surface area contributed by atoms with Gasteiger partial charge in [0.2, 0.25) is 10.0 Å². The van der Waals surface area contributed by atoms with Crippen LogP contribution in [0.1, 0.15) is 45.8 Å². The molecule has 1 fully saturated rings. The second-order valence-electron chi connectivity index (χ2n) is 9.82. The lowest BCUT2D eigenvalue weighted by atomic mass is 10.0. The van der Waals surface area contributed by atoms with Crippen LogP contribution >= 0.6 is 11.3 Å². The molecule has 198 valence electrons. The Kier molecular flexibility index (Phi) is 7.66. The molecule has 10 heteroatoms. The SMILES string of the molecule is C[C@H]1CN(S(=O)(=O)c2ccc(C(=O)Nc3sc4c(c3C#N)CCN(Cc3ccccc3)C4)cc2)C[C@H](C)O1. The first-order valence-electron chi connectivity index (χ1n) is 12.6. The van der Waals surface area contributed by atoms with E-state index < -0.39 is 10.0 Å². The van der Waals surface area contributed by atoms with Crippen LogP contribution in [-0.4, -0.2) is 55.4 Å². The van der Waals surface area contributed by atoms with Crippen LogP contribution in [0.3, 0.4) is 0 Å². The molecule has 3 aromatic rings. The van der Waals surface area contributed by atoms with E-state index in [1.54, 1.807) is 0 Å². The number of hydrogen-bond acceptors (Lipinski definition) is 7. The Bertz CT molecular complexity index is 1450. The van der Waals surface area contributed by atoms with Crippen LogP contribution in [0, 0.1) is 11.3 Å². The Labute approximate surface area is 227 Å². The van der Waals surface area contributed by atoms with E-state index in [2.05, 4.69) is 28.4 Å². The molecule has 1 aromatic heterocycles. The average molecular weight is 551 g/mol. The summed E-state index contributed by atoms with van der Waals surface area (Å²) >= 11 is 1.44. The summed E-state index contributed by atoms with van der Waals surface area (Å²) in [5.74, 6) is -0.376. The molecule has 8 nitrogen and oxygen atoms in total. The molecule has 38 heavy (non-hydrogen) atoms. The van der Waals surface area contributed by atoms with E-state index in [0.717, 1.165) is 36.5 Å². The number of carbonyl (C=O) groups is 1. The van der Waals surface area contributed by atoms with Crippen molar-refractivity contribution in [2.75, 3.05) is 25.0 Å². The van der Waals surface area contributed by atoms with E-state index in [1.165, 1.54) is 45.5 Å². The third kappa shape index (κ3) is 5.53. The van der Waals surface area contributed by atoms with Gasteiger partial charge in [-0.05, 0) is 55.7 Å². The van der Waals surface area contributed by atoms with Gasteiger partial charge in [-0.15, -0.1) is 11.3 Å². The molecular formula is C28H30N4O4S2. The minimum Gasteiger partial charge on any atom is -0.373 e. The molecule has 2 aliphatic rings. The number of morpholine rings is 1. The van der Waals surface area contributed by atoms with E-state index in [-0.39, 0.29) is 36.1 Å². The maximum absolute atomic E-state index is 13.1. The van der Waals surface area contributed by atoms with Gasteiger partial charge >= 0.3 is 0 Å². The van der Waals surface area contributed by atoms with E-state index in [4.69, 9.17) is 4.74 Å². The molecule has 2 atom stereocenters. The Hall–Kier alpha value is -3.07. The number of amides is 1.